The fourth-order valence-corrected chi connectivity index (χ4v) is 10.0. The summed E-state index contributed by atoms with van der Waals surface area (Å²) in [5.41, 5.74) is -0.478. The average molecular weight is 589 g/mol. The Labute approximate surface area is 219 Å². The van der Waals surface area contributed by atoms with Crippen molar-refractivity contribution in [2.45, 2.75) is 49.7 Å². The van der Waals surface area contributed by atoms with Gasteiger partial charge in [0.15, 0.2) is 0 Å². The molecule has 5 heteroatoms. The minimum absolute atomic E-state index is 0.105. The van der Waals surface area contributed by atoms with Crippen LogP contribution in [0.5, 0.6) is 0 Å². The molecule has 3 aromatic carbocycles. The number of carbonyl (C=O) groups excluding carboxylic acids is 1. The van der Waals surface area contributed by atoms with E-state index >= 15 is 0 Å². The van der Waals surface area contributed by atoms with Crippen LogP contribution in [0.2, 0.25) is 0 Å². The van der Waals surface area contributed by atoms with Gasteiger partial charge in [-0.2, -0.15) is 0 Å². The number of rotatable bonds is 9. The minimum atomic E-state index is -2.18. The average Bonchev–Trinajstić information content (AvgIpc) is 2.84. The number of hydrogen-bond acceptors (Lipinski definition) is 2. The van der Waals surface area contributed by atoms with Crippen LogP contribution in [0.1, 0.15) is 40.0 Å². The van der Waals surface area contributed by atoms with E-state index in [9.17, 15) is 4.79 Å². The predicted octanol–water partition coefficient (Wildman–Crippen LogP) is 6.51. The Hall–Kier alpha value is -1.91. The molecule has 0 heterocycles. The fourth-order valence-electron chi connectivity index (χ4n) is 4.45. The van der Waals surface area contributed by atoms with Gasteiger partial charge in [-0.25, -0.2) is 0 Å². The second-order valence-electron chi connectivity index (χ2n) is 9.77. The Balaban J connectivity index is 1.80. The van der Waals surface area contributed by atoms with E-state index in [0.29, 0.717) is 0 Å². The maximum absolute atomic E-state index is 12.5. The molecule has 3 rings (SSSR count). The van der Waals surface area contributed by atoms with Gasteiger partial charge in [-0.15, -0.1) is 0 Å². The molecule has 0 saturated heterocycles. The van der Waals surface area contributed by atoms with E-state index in [1.54, 1.807) is 4.90 Å². The third kappa shape index (κ3) is 6.82. The van der Waals surface area contributed by atoms with Crippen molar-refractivity contribution in [3.63, 3.8) is 0 Å². The van der Waals surface area contributed by atoms with Crippen molar-refractivity contribution in [2.24, 2.45) is 0 Å². The molecule has 0 aliphatic carbocycles. The molecule has 0 N–H and O–H groups in total. The second kappa shape index (κ2) is 12.2. The summed E-state index contributed by atoms with van der Waals surface area (Å²) >= 11 is 2.37. The SMILES string of the molecule is CN(C(=O)OC(C)(C)C)C(I)CCCC[PH](c1ccccc1)(c1ccccc1)c1ccccc1. The molecule has 3 aromatic rings. The van der Waals surface area contributed by atoms with Gasteiger partial charge < -0.3 is 0 Å². The van der Waals surface area contributed by atoms with Crippen LogP contribution >= 0.6 is 29.9 Å². The van der Waals surface area contributed by atoms with Crippen LogP contribution in [-0.4, -0.2) is 33.9 Å². The topological polar surface area (TPSA) is 29.5 Å². The number of ether oxygens (including phenoxy) is 1. The number of unbranched alkanes of at least 4 members (excludes halogenated alkanes) is 1. The summed E-state index contributed by atoms with van der Waals surface area (Å²) in [5, 5.41) is 4.35. The Morgan fingerprint density at radius 2 is 1.24 bits per heavy atom. The molecule has 0 fully saturated rings. The fraction of sp³-hybridized carbons (Fsp3) is 0.345. The van der Waals surface area contributed by atoms with Crippen molar-refractivity contribution >= 4 is 51.9 Å². The third-order valence-corrected chi connectivity index (χ3v) is 12.7. The van der Waals surface area contributed by atoms with Crippen LogP contribution < -0.4 is 15.9 Å². The molecule has 1 unspecified atom stereocenters. The summed E-state index contributed by atoms with van der Waals surface area (Å²) < 4.78 is 5.65. The molecule has 0 radical (unpaired) electrons. The summed E-state index contributed by atoms with van der Waals surface area (Å²) in [7, 11) is -0.349. The number of benzene rings is 3. The molecule has 182 valence electrons. The molecule has 34 heavy (non-hydrogen) atoms. The summed E-state index contributed by atoms with van der Waals surface area (Å²) in [4.78, 5) is 14.2. The summed E-state index contributed by atoms with van der Waals surface area (Å²) in [5.74, 6) is 0. The Kier molecular flexibility index (Phi) is 9.56. The molecule has 0 saturated carbocycles. The zero-order chi connectivity index (χ0) is 24.6. The molecule has 0 aliphatic heterocycles. The van der Waals surface area contributed by atoms with Gasteiger partial charge in [-0.1, -0.05) is 0 Å². The van der Waals surface area contributed by atoms with E-state index in [-0.39, 0.29) is 10.1 Å². The Bertz CT molecular complexity index is 926. The van der Waals surface area contributed by atoms with Crippen LogP contribution in [0, 0.1) is 0 Å². The number of nitrogens with zero attached hydrogens (tertiary/aromatic N) is 1. The second-order valence-corrected chi connectivity index (χ2v) is 15.3. The van der Waals surface area contributed by atoms with Crippen molar-refractivity contribution in [1.29, 1.82) is 0 Å². The van der Waals surface area contributed by atoms with Crippen LogP contribution in [0.25, 0.3) is 0 Å². The first-order valence-electron chi connectivity index (χ1n) is 12.0. The first-order valence-corrected chi connectivity index (χ1v) is 15.5. The number of hydrogen-bond donors (Lipinski definition) is 0. The Morgan fingerprint density at radius 3 is 1.62 bits per heavy atom. The van der Waals surface area contributed by atoms with Crippen LogP contribution in [0.15, 0.2) is 91.0 Å². The molecule has 0 aromatic heterocycles. The molecule has 0 bridgehead atoms. The van der Waals surface area contributed by atoms with E-state index in [4.69, 9.17) is 4.74 Å². The number of carbonyl (C=O) groups is 1. The van der Waals surface area contributed by atoms with E-state index in [2.05, 4.69) is 114 Å². The summed E-state index contributed by atoms with van der Waals surface area (Å²) in [6.07, 6.45) is 3.98. The van der Waals surface area contributed by atoms with Gasteiger partial charge in [-0.3, -0.25) is 0 Å². The first-order chi connectivity index (χ1) is 16.2. The van der Waals surface area contributed by atoms with Crippen molar-refractivity contribution in [1.82, 2.24) is 4.90 Å². The summed E-state index contributed by atoms with van der Waals surface area (Å²) in [6.45, 7) is 5.71. The van der Waals surface area contributed by atoms with Crippen LogP contribution in [0.4, 0.5) is 4.79 Å². The van der Waals surface area contributed by atoms with Gasteiger partial charge in [0.2, 0.25) is 0 Å². The molecule has 3 nitrogen and oxygen atoms in total. The van der Waals surface area contributed by atoms with Gasteiger partial charge in [-0.05, 0) is 0 Å². The summed E-state index contributed by atoms with van der Waals surface area (Å²) in [6, 6.07) is 33.2. The van der Waals surface area contributed by atoms with Crippen molar-refractivity contribution in [2.75, 3.05) is 13.2 Å². The van der Waals surface area contributed by atoms with Crippen LogP contribution in [-0.2, 0) is 4.74 Å². The molecule has 0 aliphatic rings. The number of halogens is 1. The Morgan fingerprint density at radius 1 is 0.824 bits per heavy atom. The first kappa shape index (κ1) is 26.7. The van der Waals surface area contributed by atoms with Gasteiger partial charge in [0, 0.05) is 0 Å². The van der Waals surface area contributed by atoms with E-state index < -0.39 is 12.9 Å². The quantitative estimate of drug-likeness (QED) is 0.0937. The zero-order valence-electron chi connectivity index (χ0n) is 20.7. The molecule has 0 spiro atoms. The number of alkyl halides is 1. The van der Waals surface area contributed by atoms with Gasteiger partial charge in [0.25, 0.3) is 0 Å². The van der Waals surface area contributed by atoms with Crippen molar-refractivity contribution in [3.05, 3.63) is 91.0 Å². The number of amides is 1. The zero-order valence-corrected chi connectivity index (χ0v) is 23.9. The monoisotopic (exact) mass is 589 g/mol. The normalized spacial score (nSPS) is 13.2. The molecular formula is C29H37INO2P. The standard InChI is InChI=1S/C29H37INO2P/c1-29(2,3)33-28(32)31(4)27(30)22-14-15-23-34(24-16-8-5-9-17-24,25-18-10-6-11-19-25)26-20-12-7-13-21-26/h5-13,16-21,27,34H,14-15,22-23H2,1-4H3. The van der Waals surface area contributed by atoms with Gasteiger partial charge in [0.05, 0.1) is 0 Å². The van der Waals surface area contributed by atoms with Crippen molar-refractivity contribution < 1.29 is 9.53 Å². The van der Waals surface area contributed by atoms with E-state index in [0.717, 1.165) is 25.4 Å². The van der Waals surface area contributed by atoms with E-state index in [1.807, 2.05) is 27.8 Å². The van der Waals surface area contributed by atoms with Gasteiger partial charge >= 0.3 is 220 Å². The van der Waals surface area contributed by atoms with Gasteiger partial charge in [0.1, 0.15) is 0 Å². The maximum atomic E-state index is 12.5. The van der Waals surface area contributed by atoms with Crippen molar-refractivity contribution in [3.8, 4) is 0 Å². The van der Waals surface area contributed by atoms with Crippen LogP contribution in [0.3, 0.4) is 0 Å². The molecule has 1 atom stereocenters. The predicted molar refractivity (Wildman–Crippen MR) is 157 cm³/mol. The van der Waals surface area contributed by atoms with E-state index in [1.165, 1.54) is 15.9 Å². The molecular weight excluding hydrogens is 552 g/mol. The molecule has 1 amide bonds. The third-order valence-electron chi connectivity index (χ3n) is 6.15.